The molecule has 0 saturated carbocycles. The molecule has 0 aromatic heterocycles. The highest BCUT2D eigenvalue weighted by molar-refractivity contribution is 7.92. The number of benzene rings is 4. The van der Waals surface area contributed by atoms with E-state index >= 15 is 0 Å². The van der Waals surface area contributed by atoms with E-state index in [4.69, 9.17) is 11.6 Å². The predicted molar refractivity (Wildman–Crippen MR) is 149 cm³/mol. The van der Waals surface area contributed by atoms with Crippen LogP contribution in [0.1, 0.15) is 34.0 Å². The van der Waals surface area contributed by atoms with Crippen molar-refractivity contribution < 1.29 is 13.2 Å². The lowest BCUT2D eigenvalue weighted by molar-refractivity contribution is 0.0955. The van der Waals surface area contributed by atoms with Gasteiger partial charge in [0.1, 0.15) is 0 Å². The molecule has 1 amide bonds. The van der Waals surface area contributed by atoms with Crippen molar-refractivity contribution in [3.05, 3.63) is 130 Å². The lowest BCUT2D eigenvalue weighted by atomic mass is 10.1. The number of hydrazone groups is 1. The first-order valence-corrected chi connectivity index (χ1v) is 13.4. The fourth-order valence-electron chi connectivity index (χ4n) is 3.71. The number of nitrogens with one attached hydrogen (secondary N) is 1. The van der Waals surface area contributed by atoms with Crippen molar-refractivity contribution in [3.8, 4) is 0 Å². The van der Waals surface area contributed by atoms with Gasteiger partial charge in [-0.2, -0.15) is 5.10 Å². The summed E-state index contributed by atoms with van der Waals surface area (Å²) in [5, 5.41) is 4.77. The molecule has 0 spiro atoms. The molecule has 0 fully saturated rings. The minimum absolute atomic E-state index is 0.00395. The third-order valence-corrected chi connectivity index (χ3v) is 7.81. The average Bonchev–Trinajstić information content (AvgIpc) is 2.92. The summed E-state index contributed by atoms with van der Waals surface area (Å²) < 4.78 is 29.0. The quantitative estimate of drug-likeness (QED) is 0.217. The largest absolute Gasteiger partial charge is 0.273 e. The first-order valence-electron chi connectivity index (χ1n) is 11.6. The molecule has 4 rings (SSSR count). The molecule has 0 saturated heterocycles. The van der Waals surface area contributed by atoms with Gasteiger partial charge in [0.05, 0.1) is 28.4 Å². The molecule has 37 heavy (non-hydrogen) atoms. The Kier molecular flexibility index (Phi) is 8.06. The zero-order valence-corrected chi connectivity index (χ0v) is 22.0. The maximum Gasteiger partial charge on any atom is 0.273 e. The summed E-state index contributed by atoms with van der Waals surface area (Å²) in [5.41, 5.74) is 6.13. The van der Waals surface area contributed by atoms with Crippen LogP contribution < -0.4 is 9.73 Å². The minimum atomic E-state index is -4.02. The highest BCUT2D eigenvalue weighted by atomic mass is 35.5. The zero-order valence-electron chi connectivity index (χ0n) is 20.4. The fourth-order valence-corrected chi connectivity index (χ4v) is 5.31. The Morgan fingerprint density at radius 2 is 1.49 bits per heavy atom. The van der Waals surface area contributed by atoms with Crippen molar-refractivity contribution in [3.63, 3.8) is 0 Å². The highest BCUT2D eigenvalue weighted by Crippen LogP contribution is 2.30. The molecule has 0 unspecified atom stereocenters. The van der Waals surface area contributed by atoms with Crippen molar-refractivity contribution >= 4 is 38.9 Å². The number of nitrogens with zero attached hydrogens (tertiary/aromatic N) is 2. The van der Waals surface area contributed by atoms with Gasteiger partial charge in [-0.1, -0.05) is 83.9 Å². The van der Waals surface area contributed by atoms with Crippen molar-refractivity contribution in [1.29, 1.82) is 0 Å². The first kappa shape index (κ1) is 26.1. The number of para-hydroxylation sites is 1. The molecule has 4 aromatic carbocycles. The van der Waals surface area contributed by atoms with Crippen LogP contribution in [0.5, 0.6) is 0 Å². The molecular formula is C29H26ClN3O3S. The third-order valence-electron chi connectivity index (χ3n) is 5.78. The van der Waals surface area contributed by atoms with Gasteiger partial charge >= 0.3 is 0 Å². The van der Waals surface area contributed by atoms with Gasteiger partial charge in [-0.3, -0.25) is 9.10 Å². The molecule has 188 valence electrons. The Balaban J connectivity index is 1.74. The van der Waals surface area contributed by atoms with Crippen molar-refractivity contribution in [2.75, 3.05) is 4.31 Å². The normalized spacial score (nSPS) is 11.7. The number of aryl methyl sites for hydroxylation is 1. The maximum atomic E-state index is 13.9. The number of amides is 1. The first-order chi connectivity index (χ1) is 17.8. The van der Waals surface area contributed by atoms with Crippen LogP contribution in [-0.2, 0) is 16.6 Å². The number of carbonyl (C=O) groups excluding carboxylic acids is 1. The molecule has 4 aromatic rings. The van der Waals surface area contributed by atoms with Gasteiger partial charge < -0.3 is 0 Å². The molecule has 0 aliphatic rings. The minimum Gasteiger partial charge on any atom is -0.267 e. The SMILES string of the molecule is C/C(=N/NC(=O)c1ccccc1N(Cc1ccc(Cl)cc1)S(=O)(=O)c1ccc(C)cc1)c1ccccc1. The standard InChI is InChI=1S/C29H26ClN3O3S/c1-21-12-18-26(19-13-21)37(35,36)33(20-23-14-16-25(30)17-15-23)28-11-7-6-10-27(28)29(34)32-31-22(2)24-8-4-3-5-9-24/h3-19H,20H2,1-2H3,(H,32,34)/b31-22-. The van der Waals surface area contributed by atoms with E-state index in [0.29, 0.717) is 16.3 Å². The summed E-state index contributed by atoms with van der Waals surface area (Å²) in [6.45, 7) is 3.68. The van der Waals surface area contributed by atoms with Crippen LogP contribution in [0.2, 0.25) is 5.02 Å². The van der Waals surface area contributed by atoms with Gasteiger partial charge in [0, 0.05) is 5.02 Å². The van der Waals surface area contributed by atoms with Gasteiger partial charge in [0.2, 0.25) is 0 Å². The fraction of sp³-hybridized carbons (Fsp3) is 0.103. The molecular weight excluding hydrogens is 506 g/mol. The summed E-state index contributed by atoms with van der Waals surface area (Å²) >= 11 is 6.04. The topological polar surface area (TPSA) is 78.8 Å². The summed E-state index contributed by atoms with van der Waals surface area (Å²) in [6.07, 6.45) is 0. The zero-order chi connectivity index (χ0) is 26.4. The number of halogens is 1. The number of hydrogen-bond acceptors (Lipinski definition) is 4. The molecule has 6 nitrogen and oxygen atoms in total. The van der Waals surface area contributed by atoms with Crippen LogP contribution in [0.25, 0.3) is 0 Å². The van der Waals surface area contributed by atoms with E-state index in [9.17, 15) is 13.2 Å². The summed E-state index contributed by atoms with van der Waals surface area (Å²) in [6, 6.07) is 29.6. The van der Waals surface area contributed by atoms with Gasteiger partial charge in [0.25, 0.3) is 15.9 Å². The molecule has 8 heteroatoms. The van der Waals surface area contributed by atoms with Gasteiger partial charge in [-0.25, -0.2) is 13.8 Å². The predicted octanol–water partition coefficient (Wildman–Crippen LogP) is 6.20. The summed E-state index contributed by atoms with van der Waals surface area (Å²) in [5.74, 6) is -0.522. The van der Waals surface area contributed by atoms with Crippen LogP contribution in [0.3, 0.4) is 0 Å². The number of hydrogen-bond donors (Lipinski definition) is 1. The van der Waals surface area contributed by atoms with Gasteiger partial charge in [-0.15, -0.1) is 0 Å². The highest BCUT2D eigenvalue weighted by Gasteiger charge is 2.28. The Bertz CT molecular complexity index is 1520. The second-order valence-electron chi connectivity index (χ2n) is 8.47. The van der Waals surface area contributed by atoms with E-state index in [2.05, 4.69) is 10.5 Å². The van der Waals surface area contributed by atoms with Crippen LogP contribution in [0.15, 0.2) is 113 Å². The van der Waals surface area contributed by atoms with E-state index in [-0.39, 0.29) is 22.7 Å². The van der Waals surface area contributed by atoms with Gasteiger partial charge in [0.15, 0.2) is 0 Å². The molecule has 0 bridgehead atoms. The second kappa shape index (κ2) is 11.4. The molecule has 0 aliphatic heterocycles. The molecule has 0 radical (unpaired) electrons. The Hall–Kier alpha value is -3.94. The molecule has 0 atom stereocenters. The van der Waals surface area contributed by atoms with Crippen LogP contribution in [0, 0.1) is 6.92 Å². The molecule has 0 aliphatic carbocycles. The lowest BCUT2D eigenvalue weighted by Crippen LogP contribution is -2.33. The van der Waals surface area contributed by atoms with E-state index in [1.807, 2.05) is 37.3 Å². The summed E-state index contributed by atoms with van der Waals surface area (Å²) in [4.78, 5) is 13.4. The number of carbonyl (C=O) groups is 1. The van der Waals surface area contributed by atoms with E-state index in [0.717, 1.165) is 11.1 Å². The second-order valence-corrected chi connectivity index (χ2v) is 10.8. The van der Waals surface area contributed by atoms with E-state index in [1.165, 1.54) is 4.31 Å². The average molecular weight is 532 g/mol. The van der Waals surface area contributed by atoms with Crippen molar-refractivity contribution in [2.24, 2.45) is 5.10 Å². The molecule has 0 heterocycles. The van der Waals surface area contributed by atoms with Crippen LogP contribution in [-0.4, -0.2) is 20.0 Å². The molecule has 1 N–H and O–H groups in total. The van der Waals surface area contributed by atoms with Crippen LogP contribution in [0.4, 0.5) is 5.69 Å². The Morgan fingerprint density at radius 1 is 0.865 bits per heavy atom. The number of anilines is 1. The Morgan fingerprint density at radius 3 is 2.16 bits per heavy atom. The van der Waals surface area contributed by atoms with E-state index in [1.54, 1.807) is 79.7 Å². The van der Waals surface area contributed by atoms with Crippen LogP contribution >= 0.6 is 11.6 Å². The Labute approximate surface area is 222 Å². The maximum absolute atomic E-state index is 13.9. The van der Waals surface area contributed by atoms with Crippen molar-refractivity contribution in [2.45, 2.75) is 25.3 Å². The lowest BCUT2D eigenvalue weighted by Gasteiger charge is -2.26. The van der Waals surface area contributed by atoms with Gasteiger partial charge in [-0.05, 0) is 61.4 Å². The number of sulfonamides is 1. The smallest absolute Gasteiger partial charge is 0.267 e. The van der Waals surface area contributed by atoms with E-state index < -0.39 is 15.9 Å². The van der Waals surface area contributed by atoms with Crippen molar-refractivity contribution in [1.82, 2.24) is 5.43 Å². The third kappa shape index (κ3) is 6.25. The number of rotatable bonds is 8. The monoisotopic (exact) mass is 531 g/mol. The summed E-state index contributed by atoms with van der Waals surface area (Å²) in [7, 11) is -4.02.